The number of Topliss-reactive ketones (excluding diaryl/α,β-unsaturated/α-hetero) is 1. The minimum Gasteiger partial charge on any atom is -0.384 e. The summed E-state index contributed by atoms with van der Waals surface area (Å²) in [7, 11) is 0. The predicted octanol–water partition coefficient (Wildman–Crippen LogP) is 6.58. The lowest BCUT2D eigenvalue weighted by atomic mass is 9.69. The highest BCUT2D eigenvalue weighted by Crippen LogP contribution is 2.52. The number of hydrogen-bond donors (Lipinski definition) is 1. The number of nitro benzene ring substituents is 1. The predicted molar refractivity (Wildman–Crippen MR) is 137 cm³/mol. The van der Waals surface area contributed by atoms with Gasteiger partial charge in [0.1, 0.15) is 5.82 Å². The molecular weight excluding hydrogens is 540 g/mol. The topological polar surface area (TPSA) is 113 Å². The maximum absolute atomic E-state index is 13.6. The molecule has 1 aliphatic heterocycles. The van der Waals surface area contributed by atoms with Crippen LogP contribution in [0.3, 0.4) is 0 Å². The minimum atomic E-state index is -0.598. The van der Waals surface area contributed by atoms with Crippen molar-refractivity contribution in [3.05, 3.63) is 76.3 Å². The molecule has 0 amide bonds. The molecule has 1 unspecified atom stereocenters. The lowest BCUT2D eigenvalue weighted by molar-refractivity contribution is -0.384. The van der Waals surface area contributed by atoms with Gasteiger partial charge in [-0.2, -0.15) is 5.26 Å². The molecule has 7 nitrogen and oxygen atoms in total. The largest absolute Gasteiger partial charge is 0.384 e. The Balaban J connectivity index is 2.03. The quantitative estimate of drug-likeness (QED) is 0.333. The number of rotatable bonds is 4. The van der Waals surface area contributed by atoms with E-state index in [0.717, 1.165) is 20.6 Å². The Bertz CT molecular complexity index is 1340. The van der Waals surface area contributed by atoms with Crippen LogP contribution in [-0.4, -0.2) is 10.7 Å². The number of nitrogens with two attached hydrogens (primary N) is 1. The van der Waals surface area contributed by atoms with Gasteiger partial charge in [0.2, 0.25) is 0 Å². The second kappa shape index (κ2) is 8.84. The molecule has 4 rings (SSSR count). The van der Waals surface area contributed by atoms with Gasteiger partial charge in [-0.05, 0) is 46.3 Å². The van der Waals surface area contributed by atoms with Crippen LogP contribution < -0.4 is 10.6 Å². The number of carbonyl (C=O) groups is 1. The third kappa shape index (κ3) is 4.04. The van der Waals surface area contributed by atoms with Gasteiger partial charge in [0.05, 0.1) is 33.2 Å². The third-order valence-electron chi connectivity index (χ3n) is 6.14. The van der Waals surface area contributed by atoms with Crippen LogP contribution in [0.25, 0.3) is 0 Å². The standard InChI is InChI=1S/C24H22BrClN4O3S/c1-4-19-14(25)8-20(34-19)21-13(11-27)23(28)29(16-7-12(30(32)33)5-6-15(16)26)17-9-24(2,3)10-18(31)22(17)21/h5-8,21H,4,9-10,28H2,1-3H3. The normalized spacial score (nSPS) is 19.8. The van der Waals surface area contributed by atoms with E-state index in [1.807, 2.05) is 26.8 Å². The summed E-state index contributed by atoms with van der Waals surface area (Å²) in [5.41, 5.74) is 7.73. The maximum Gasteiger partial charge on any atom is 0.271 e. The first-order valence-corrected chi connectivity index (χ1v) is 12.7. The van der Waals surface area contributed by atoms with Crippen molar-refractivity contribution in [3.8, 4) is 6.07 Å². The van der Waals surface area contributed by atoms with Crippen LogP contribution in [0.1, 0.15) is 49.3 Å². The average molecular weight is 562 g/mol. The van der Waals surface area contributed by atoms with Gasteiger partial charge in [-0.25, -0.2) is 0 Å². The van der Waals surface area contributed by atoms with Crippen molar-refractivity contribution in [3.63, 3.8) is 0 Å². The highest BCUT2D eigenvalue weighted by molar-refractivity contribution is 9.10. The van der Waals surface area contributed by atoms with Crippen LogP contribution >= 0.6 is 38.9 Å². The van der Waals surface area contributed by atoms with Gasteiger partial charge in [-0.15, -0.1) is 11.3 Å². The molecule has 0 spiro atoms. The fourth-order valence-corrected chi connectivity index (χ4v) is 6.90. The van der Waals surface area contributed by atoms with Crippen LogP contribution in [-0.2, 0) is 11.2 Å². The Kier molecular flexibility index (Phi) is 6.36. The number of allylic oxidation sites excluding steroid dienone is 3. The first kappa shape index (κ1) is 24.5. The van der Waals surface area contributed by atoms with Crippen LogP contribution in [0.2, 0.25) is 5.02 Å². The summed E-state index contributed by atoms with van der Waals surface area (Å²) in [6.07, 6.45) is 1.63. The average Bonchev–Trinajstić information content (AvgIpc) is 3.13. The second-order valence-electron chi connectivity index (χ2n) is 9.15. The molecule has 2 aromatic rings. The van der Waals surface area contributed by atoms with E-state index >= 15 is 0 Å². The molecule has 10 heteroatoms. The molecule has 0 fully saturated rings. The summed E-state index contributed by atoms with van der Waals surface area (Å²) in [6, 6.07) is 8.24. The number of non-ortho nitro benzene ring substituents is 1. The van der Waals surface area contributed by atoms with Crippen LogP contribution in [0.4, 0.5) is 11.4 Å². The molecule has 176 valence electrons. The maximum atomic E-state index is 13.6. The van der Waals surface area contributed by atoms with E-state index in [9.17, 15) is 20.2 Å². The zero-order valence-corrected chi connectivity index (χ0v) is 22.0. The number of ketones is 1. The van der Waals surface area contributed by atoms with Gasteiger partial charge in [-0.1, -0.05) is 32.4 Å². The number of benzene rings is 1. The molecular formula is C24H22BrClN4O3S. The molecule has 2 aliphatic rings. The Hall–Kier alpha value is -2.67. The summed E-state index contributed by atoms with van der Waals surface area (Å²) in [6.45, 7) is 6.03. The van der Waals surface area contributed by atoms with E-state index < -0.39 is 10.8 Å². The number of nitriles is 1. The Labute approximate surface area is 214 Å². The number of anilines is 1. The SMILES string of the molecule is CCc1sc(C2C(C#N)=C(N)N(c3cc([N+](=O)[O-])ccc3Cl)C3=C2C(=O)CC(C)(C)C3)cc1Br. The van der Waals surface area contributed by atoms with Crippen molar-refractivity contribution in [2.75, 3.05) is 4.90 Å². The molecule has 2 heterocycles. The van der Waals surface area contributed by atoms with Gasteiger partial charge >= 0.3 is 0 Å². The van der Waals surface area contributed by atoms with Crippen molar-refractivity contribution in [2.24, 2.45) is 11.1 Å². The van der Waals surface area contributed by atoms with Crippen molar-refractivity contribution in [1.29, 1.82) is 5.26 Å². The molecule has 0 saturated heterocycles. The highest BCUT2D eigenvalue weighted by Gasteiger charge is 2.45. The summed E-state index contributed by atoms with van der Waals surface area (Å²) >= 11 is 11.6. The second-order valence-corrected chi connectivity index (χ2v) is 11.6. The molecule has 1 aromatic heterocycles. The number of carbonyl (C=O) groups excluding carboxylic acids is 1. The zero-order valence-electron chi connectivity index (χ0n) is 18.8. The number of nitro groups is 1. The van der Waals surface area contributed by atoms with Gasteiger partial charge < -0.3 is 5.73 Å². The van der Waals surface area contributed by atoms with Gasteiger partial charge in [0, 0.05) is 44.1 Å². The van der Waals surface area contributed by atoms with E-state index in [1.165, 1.54) is 18.2 Å². The molecule has 34 heavy (non-hydrogen) atoms. The summed E-state index contributed by atoms with van der Waals surface area (Å²) in [5.74, 6) is -0.536. The fraction of sp³-hybridized carbons (Fsp3) is 0.333. The molecule has 0 saturated carbocycles. The van der Waals surface area contributed by atoms with Crippen molar-refractivity contribution in [2.45, 2.75) is 46.0 Å². The van der Waals surface area contributed by atoms with E-state index in [1.54, 1.807) is 16.2 Å². The Morgan fingerprint density at radius 3 is 2.68 bits per heavy atom. The lowest BCUT2D eigenvalue weighted by Gasteiger charge is -2.43. The van der Waals surface area contributed by atoms with E-state index in [2.05, 4.69) is 22.0 Å². The smallest absolute Gasteiger partial charge is 0.271 e. The van der Waals surface area contributed by atoms with Crippen molar-refractivity contribution >= 4 is 56.0 Å². The molecule has 0 radical (unpaired) electrons. The van der Waals surface area contributed by atoms with Crippen LogP contribution in [0.15, 0.2) is 51.4 Å². The molecule has 1 aromatic carbocycles. The molecule has 0 bridgehead atoms. The monoisotopic (exact) mass is 560 g/mol. The van der Waals surface area contributed by atoms with Gasteiger partial charge in [0.15, 0.2) is 5.78 Å². The first-order chi connectivity index (χ1) is 16.0. The Morgan fingerprint density at radius 2 is 2.09 bits per heavy atom. The van der Waals surface area contributed by atoms with Gasteiger partial charge in [0.25, 0.3) is 5.69 Å². The highest BCUT2D eigenvalue weighted by atomic mass is 79.9. The fourth-order valence-electron chi connectivity index (χ4n) is 4.66. The third-order valence-corrected chi connectivity index (χ3v) is 8.78. The van der Waals surface area contributed by atoms with Crippen LogP contribution in [0, 0.1) is 26.9 Å². The van der Waals surface area contributed by atoms with E-state index in [4.69, 9.17) is 17.3 Å². The summed E-state index contributed by atoms with van der Waals surface area (Å²) < 4.78 is 0.931. The van der Waals surface area contributed by atoms with E-state index in [-0.39, 0.29) is 39.0 Å². The van der Waals surface area contributed by atoms with Gasteiger partial charge in [-0.3, -0.25) is 19.8 Å². The molecule has 1 aliphatic carbocycles. The number of nitrogens with zero attached hydrogens (tertiary/aromatic N) is 3. The molecule has 2 N–H and O–H groups in total. The summed E-state index contributed by atoms with van der Waals surface area (Å²) in [4.78, 5) is 28.1. The number of halogens is 2. The summed E-state index contributed by atoms with van der Waals surface area (Å²) in [5, 5.41) is 21.9. The van der Waals surface area contributed by atoms with Crippen LogP contribution in [0.5, 0.6) is 0 Å². The zero-order chi connectivity index (χ0) is 24.9. The minimum absolute atomic E-state index is 0.0642. The number of thiophene rings is 1. The van der Waals surface area contributed by atoms with E-state index in [0.29, 0.717) is 24.1 Å². The first-order valence-electron chi connectivity index (χ1n) is 10.7. The van der Waals surface area contributed by atoms with Crippen molar-refractivity contribution < 1.29 is 9.72 Å². The number of aryl methyl sites for hydroxylation is 1. The number of hydrogen-bond acceptors (Lipinski definition) is 7. The Morgan fingerprint density at radius 1 is 1.38 bits per heavy atom. The molecule has 1 atom stereocenters. The van der Waals surface area contributed by atoms with Crippen molar-refractivity contribution in [1.82, 2.24) is 0 Å². The lowest BCUT2D eigenvalue weighted by Crippen LogP contribution is -2.42.